The molecule has 0 fully saturated rings. The van der Waals surface area contributed by atoms with Crippen LogP contribution in [0.4, 0.5) is 0 Å². The molecule has 2 aromatic heterocycles. The molecular formula is C17H17ClN2O3S. The number of aromatic nitrogens is 2. The monoisotopic (exact) mass is 364 g/mol. The van der Waals surface area contributed by atoms with Crippen molar-refractivity contribution in [3.05, 3.63) is 58.9 Å². The zero-order valence-electron chi connectivity index (χ0n) is 13.1. The summed E-state index contributed by atoms with van der Waals surface area (Å²) in [7, 11) is 0. The maximum absolute atomic E-state index is 10.6. The lowest BCUT2D eigenvalue weighted by atomic mass is 10.2. The van der Waals surface area contributed by atoms with Crippen LogP contribution in [0.3, 0.4) is 0 Å². The Balaban J connectivity index is 1.89. The Hall–Kier alpha value is -1.73. The lowest BCUT2D eigenvalue weighted by Crippen LogP contribution is -2.05. The van der Waals surface area contributed by atoms with Gasteiger partial charge in [-0.2, -0.15) is 0 Å². The van der Waals surface area contributed by atoms with E-state index in [-0.39, 0.29) is 5.94 Å². The van der Waals surface area contributed by atoms with Crippen LogP contribution in [-0.2, 0) is 22.2 Å². The summed E-state index contributed by atoms with van der Waals surface area (Å²) in [6.07, 6.45) is 2.44. The fraction of sp³-hybridized carbons (Fsp3) is 0.235. The number of rotatable bonds is 6. The Morgan fingerprint density at radius 2 is 2.04 bits per heavy atom. The number of hydrogen-bond donors (Lipinski definition) is 1. The summed E-state index contributed by atoms with van der Waals surface area (Å²) in [5.74, 6) is -0.171. The van der Waals surface area contributed by atoms with Gasteiger partial charge >= 0.3 is 0 Å². The molecule has 1 N–H and O–H groups in total. The summed E-state index contributed by atoms with van der Waals surface area (Å²) in [5, 5.41) is 0.699. The highest BCUT2D eigenvalue weighted by atomic mass is 35.5. The van der Waals surface area contributed by atoms with Crippen LogP contribution in [0.1, 0.15) is 11.3 Å². The van der Waals surface area contributed by atoms with Gasteiger partial charge in [0.2, 0.25) is 0 Å². The number of halogens is 1. The molecule has 0 saturated heterocycles. The number of benzene rings is 1. The van der Waals surface area contributed by atoms with Crippen molar-refractivity contribution in [1.82, 2.24) is 9.55 Å². The van der Waals surface area contributed by atoms with E-state index in [0.717, 1.165) is 28.0 Å². The van der Waals surface area contributed by atoms with E-state index in [4.69, 9.17) is 20.9 Å². The van der Waals surface area contributed by atoms with Gasteiger partial charge < -0.3 is 13.9 Å². The molecule has 0 spiro atoms. The maximum atomic E-state index is 10.6. The van der Waals surface area contributed by atoms with E-state index in [9.17, 15) is 4.21 Å². The third kappa shape index (κ3) is 3.84. The van der Waals surface area contributed by atoms with Crippen LogP contribution in [0.25, 0.3) is 16.7 Å². The Kier molecular flexibility index (Phi) is 5.30. The molecule has 0 saturated carbocycles. The Morgan fingerprint density at radius 3 is 2.75 bits per heavy atom. The maximum Gasteiger partial charge on any atom is 0.179 e. The number of aryl methyl sites for hydroxylation is 1. The van der Waals surface area contributed by atoms with Crippen molar-refractivity contribution in [3.63, 3.8) is 0 Å². The van der Waals surface area contributed by atoms with Crippen molar-refractivity contribution in [2.75, 3.05) is 12.5 Å². The lowest BCUT2D eigenvalue weighted by molar-refractivity contribution is 0.179. The minimum Gasteiger partial charge on any atom is -0.365 e. The number of ether oxygens (including phenoxy) is 1. The van der Waals surface area contributed by atoms with Crippen LogP contribution in [-0.4, -0.2) is 30.9 Å². The standard InChI is InChI=1S/C17H17ClN2O3S/c1-12-8-16-17(20(12)15-4-2-14(18)3-5-15)9-13(10-19-16)6-7-23-11-24(21)22/h2-5,8-10H,6-7,11H2,1H3,(H,21,22). The molecule has 0 aliphatic carbocycles. The zero-order chi connectivity index (χ0) is 17.1. The first kappa shape index (κ1) is 17.1. The van der Waals surface area contributed by atoms with Gasteiger partial charge in [-0.25, -0.2) is 4.21 Å². The van der Waals surface area contributed by atoms with Gasteiger partial charge in [-0.15, -0.1) is 0 Å². The van der Waals surface area contributed by atoms with Crippen LogP contribution in [0.15, 0.2) is 42.6 Å². The molecule has 5 nitrogen and oxygen atoms in total. The van der Waals surface area contributed by atoms with E-state index in [1.54, 1.807) is 0 Å². The summed E-state index contributed by atoms with van der Waals surface area (Å²) >= 11 is 4.05. The first-order chi connectivity index (χ1) is 11.5. The highest BCUT2D eigenvalue weighted by Crippen LogP contribution is 2.24. The molecule has 126 valence electrons. The number of nitrogens with zero attached hydrogens (tertiary/aromatic N) is 2. The van der Waals surface area contributed by atoms with Gasteiger partial charge in [0, 0.05) is 22.6 Å². The minimum atomic E-state index is -1.93. The number of fused-ring (bicyclic) bond motifs is 1. The first-order valence-electron chi connectivity index (χ1n) is 7.43. The molecule has 1 atom stereocenters. The summed E-state index contributed by atoms with van der Waals surface area (Å²) < 4.78 is 26.5. The Bertz CT molecular complexity index is 877. The molecule has 0 aliphatic rings. The average molecular weight is 365 g/mol. The third-order valence-electron chi connectivity index (χ3n) is 3.70. The Morgan fingerprint density at radius 1 is 1.29 bits per heavy atom. The van der Waals surface area contributed by atoms with Gasteiger partial charge in [-0.3, -0.25) is 4.98 Å². The SMILES string of the molecule is Cc1cc2ncc(CCOCS(=O)O)cc2n1-c1ccc(Cl)cc1. The van der Waals surface area contributed by atoms with Crippen molar-refractivity contribution < 1.29 is 13.5 Å². The average Bonchev–Trinajstić information content (AvgIpc) is 2.87. The molecule has 0 aliphatic heterocycles. The van der Waals surface area contributed by atoms with Crippen LogP contribution in [0, 0.1) is 6.92 Å². The quantitative estimate of drug-likeness (QED) is 0.534. The minimum absolute atomic E-state index is 0.171. The molecule has 0 radical (unpaired) electrons. The number of hydrogen-bond acceptors (Lipinski definition) is 3. The highest BCUT2D eigenvalue weighted by molar-refractivity contribution is 7.79. The van der Waals surface area contributed by atoms with Gasteiger partial charge in [0.15, 0.2) is 11.1 Å². The van der Waals surface area contributed by atoms with Gasteiger partial charge in [0.1, 0.15) is 5.94 Å². The fourth-order valence-electron chi connectivity index (χ4n) is 2.64. The van der Waals surface area contributed by atoms with Crippen molar-refractivity contribution >= 4 is 33.7 Å². The third-order valence-corrected chi connectivity index (χ3v) is 4.32. The van der Waals surface area contributed by atoms with E-state index >= 15 is 0 Å². The second-order valence-electron chi connectivity index (χ2n) is 5.44. The molecule has 3 rings (SSSR count). The van der Waals surface area contributed by atoms with Crippen molar-refractivity contribution in [2.24, 2.45) is 0 Å². The summed E-state index contributed by atoms with van der Waals surface area (Å²) in [6.45, 7) is 2.41. The molecule has 2 heterocycles. The van der Waals surface area contributed by atoms with Gasteiger partial charge in [0.25, 0.3) is 0 Å². The van der Waals surface area contributed by atoms with E-state index in [2.05, 4.69) is 15.6 Å². The van der Waals surface area contributed by atoms with Gasteiger partial charge in [-0.05, 0) is 55.3 Å². The second-order valence-corrected chi connectivity index (χ2v) is 6.76. The highest BCUT2D eigenvalue weighted by Gasteiger charge is 2.10. The topological polar surface area (TPSA) is 64.3 Å². The Labute approximate surface area is 147 Å². The molecule has 7 heteroatoms. The summed E-state index contributed by atoms with van der Waals surface area (Å²) in [4.78, 5) is 4.51. The van der Waals surface area contributed by atoms with Crippen LogP contribution in [0.2, 0.25) is 5.02 Å². The fourth-order valence-corrected chi connectivity index (χ4v) is 3.02. The number of pyridine rings is 1. The van der Waals surface area contributed by atoms with E-state index in [1.807, 2.05) is 43.5 Å². The molecule has 1 unspecified atom stereocenters. The lowest BCUT2D eigenvalue weighted by Gasteiger charge is -2.09. The summed E-state index contributed by atoms with van der Waals surface area (Å²) in [5.41, 5.74) is 5.06. The largest absolute Gasteiger partial charge is 0.365 e. The van der Waals surface area contributed by atoms with Crippen LogP contribution < -0.4 is 0 Å². The molecule has 24 heavy (non-hydrogen) atoms. The predicted molar refractivity (Wildman–Crippen MR) is 96.1 cm³/mol. The van der Waals surface area contributed by atoms with Crippen molar-refractivity contribution in [2.45, 2.75) is 13.3 Å². The second kappa shape index (κ2) is 7.44. The van der Waals surface area contributed by atoms with Crippen LogP contribution in [0.5, 0.6) is 0 Å². The van der Waals surface area contributed by atoms with E-state index < -0.39 is 11.1 Å². The predicted octanol–water partition coefficient (Wildman–Crippen LogP) is 3.73. The molecule has 0 bridgehead atoms. The van der Waals surface area contributed by atoms with E-state index in [1.165, 1.54) is 0 Å². The molecule has 3 aromatic rings. The zero-order valence-corrected chi connectivity index (χ0v) is 14.7. The summed E-state index contributed by atoms with van der Waals surface area (Å²) in [6, 6.07) is 11.8. The smallest absolute Gasteiger partial charge is 0.179 e. The van der Waals surface area contributed by atoms with Crippen molar-refractivity contribution in [3.8, 4) is 5.69 Å². The van der Waals surface area contributed by atoms with Crippen molar-refractivity contribution in [1.29, 1.82) is 0 Å². The molecule has 0 amide bonds. The molecular weight excluding hydrogens is 348 g/mol. The first-order valence-corrected chi connectivity index (χ1v) is 9.08. The molecule has 1 aromatic carbocycles. The van der Waals surface area contributed by atoms with Crippen LogP contribution >= 0.6 is 11.6 Å². The van der Waals surface area contributed by atoms with E-state index in [0.29, 0.717) is 18.1 Å². The normalized spacial score (nSPS) is 12.6. The van der Waals surface area contributed by atoms with Gasteiger partial charge in [0.05, 0.1) is 17.6 Å². The van der Waals surface area contributed by atoms with Gasteiger partial charge in [-0.1, -0.05) is 11.6 Å².